The summed E-state index contributed by atoms with van der Waals surface area (Å²) < 4.78 is 7.86. The molecule has 0 N–H and O–H groups in total. The molecular weight excluding hydrogens is 380 g/mol. The highest BCUT2D eigenvalue weighted by Crippen LogP contribution is 2.31. The number of ether oxygens (including phenoxy) is 1. The number of carbonyl (C=O) groups excluding carboxylic acids is 2. The van der Waals surface area contributed by atoms with E-state index in [4.69, 9.17) is 4.74 Å². The van der Waals surface area contributed by atoms with Crippen molar-refractivity contribution in [3.63, 3.8) is 0 Å². The SMILES string of the molecule is CCC(=O)N1CCC[C@@H](c2cc3cccnc3n2CC(=O)N2C[C@@H](C)O[C@@H](C)C2)C1. The molecule has 0 unspecified atom stereocenters. The van der Waals surface area contributed by atoms with Crippen molar-refractivity contribution in [1.82, 2.24) is 19.4 Å². The third-order valence-corrected chi connectivity index (χ3v) is 6.25. The third kappa shape index (κ3) is 4.21. The molecule has 2 aromatic rings. The molecule has 2 aliphatic rings. The molecule has 7 heteroatoms. The number of hydrogen-bond donors (Lipinski definition) is 0. The minimum absolute atomic E-state index is 0.0451. The predicted molar refractivity (Wildman–Crippen MR) is 115 cm³/mol. The van der Waals surface area contributed by atoms with Gasteiger partial charge in [0.25, 0.3) is 0 Å². The molecule has 4 heterocycles. The van der Waals surface area contributed by atoms with Gasteiger partial charge in [-0.2, -0.15) is 0 Å². The van der Waals surface area contributed by atoms with E-state index in [0.29, 0.717) is 26.1 Å². The summed E-state index contributed by atoms with van der Waals surface area (Å²) >= 11 is 0. The van der Waals surface area contributed by atoms with Gasteiger partial charge in [-0.1, -0.05) is 6.92 Å². The lowest BCUT2D eigenvalue weighted by Crippen LogP contribution is -2.49. The van der Waals surface area contributed by atoms with E-state index in [1.54, 1.807) is 6.20 Å². The molecule has 0 aliphatic carbocycles. The number of amides is 2. The fraction of sp³-hybridized carbons (Fsp3) is 0.609. The van der Waals surface area contributed by atoms with E-state index in [0.717, 1.165) is 36.1 Å². The average molecular weight is 413 g/mol. The highest BCUT2D eigenvalue weighted by atomic mass is 16.5. The number of pyridine rings is 1. The molecule has 0 spiro atoms. The first-order valence-corrected chi connectivity index (χ1v) is 11.1. The molecule has 30 heavy (non-hydrogen) atoms. The van der Waals surface area contributed by atoms with Crippen LogP contribution < -0.4 is 0 Å². The smallest absolute Gasteiger partial charge is 0.242 e. The van der Waals surface area contributed by atoms with Gasteiger partial charge in [-0.15, -0.1) is 0 Å². The normalized spacial score (nSPS) is 25.0. The second-order valence-corrected chi connectivity index (χ2v) is 8.66. The quantitative estimate of drug-likeness (QED) is 0.774. The van der Waals surface area contributed by atoms with Crippen LogP contribution in [0, 0.1) is 0 Å². The average Bonchev–Trinajstić information content (AvgIpc) is 3.11. The summed E-state index contributed by atoms with van der Waals surface area (Å²) in [7, 11) is 0. The molecule has 7 nitrogen and oxygen atoms in total. The summed E-state index contributed by atoms with van der Waals surface area (Å²) in [6, 6.07) is 6.13. The van der Waals surface area contributed by atoms with Crippen LogP contribution in [-0.4, -0.2) is 69.6 Å². The summed E-state index contributed by atoms with van der Waals surface area (Å²) in [4.78, 5) is 34.0. The Morgan fingerprint density at radius 3 is 2.63 bits per heavy atom. The Morgan fingerprint density at radius 1 is 1.13 bits per heavy atom. The molecule has 2 aromatic heterocycles. The summed E-state index contributed by atoms with van der Waals surface area (Å²) in [6.45, 7) is 8.97. The van der Waals surface area contributed by atoms with Gasteiger partial charge in [0.15, 0.2) is 0 Å². The highest BCUT2D eigenvalue weighted by molar-refractivity contribution is 5.82. The molecule has 0 aromatic carbocycles. The Kier molecular flexibility index (Phi) is 6.09. The van der Waals surface area contributed by atoms with E-state index >= 15 is 0 Å². The summed E-state index contributed by atoms with van der Waals surface area (Å²) in [6.07, 6.45) is 4.40. The van der Waals surface area contributed by atoms with E-state index in [2.05, 4.69) is 15.6 Å². The number of piperidine rings is 1. The van der Waals surface area contributed by atoms with Gasteiger partial charge in [-0.25, -0.2) is 4.98 Å². The van der Waals surface area contributed by atoms with Gasteiger partial charge in [-0.05, 0) is 44.9 Å². The van der Waals surface area contributed by atoms with Crippen LogP contribution in [0.1, 0.15) is 51.6 Å². The molecule has 4 rings (SSSR count). The topological polar surface area (TPSA) is 67.7 Å². The first-order chi connectivity index (χ1) is 14.5. The molecule has 0 bridgehead atoms. The maximum absolute atomic E-state index is 13.2. The fourth-order valence-corrected chi connectivity index (χ4v) is 4.90. The van der Waals surface area contributed by atoms with Crippen LogP contribution in [0.25, 0.3) is 11.0 Å². The molecule has 0 radical (unpaired) electrons. The van der Waals surface area contributed by atoms with Crippen LogP contribution in [0.4, 0.5) is 0 Å². The molecule has 2 fully saturated rings. The number of carbonyl (C=O) groups is 2. The fourth-order valence-electron chi connectivity index (χ4n) is 4.90. The standard InChI is InChI=1S/C23H32N4O3/c1-4-21(28)25-10-6-8-19(14-25)20-11-18-7-5-9-24-23(18)27(20)15-22(29)26-12-16(2)30-17(3)13-26/h5,7,9,11,16-17,19H,4,6,8,10,12-15H2,1-3H3/t16-,17+,19-/m1/s1. The van der Waals surface area contributed by atoms with Gasteiger partial charge in [0.1, 0.15) is 12.2 Å². The lowest BCUT2D eigenvalue weighted by Gasteiger charge is -2.36. The summed E-state index contributed by atoms with van der Waals surface area (Å²) in [5.41, 5.74) is 1.95. The minimum Gasteiger partial charge on any atom is -0.372 e. The maximum Gasteiger partial charge on any atom is 0.242 e. The van der Waals surface area contributed by atoms with Crippen molar-refractivity contribution in [3.05, 3.63) is 30.1 Å². The van der Waals surface area contributed by atoms with Crippen molar-refractivity contribution in [1.29, 1.82) is 0 Å². The van der Waals surface area contributed by atoms with E-state index < -0.39 is 0 Å². The molecule has 2 saturated heterocycles. The van der Waals surface area contributed by atoms with Crippen LogP contribution in [0.2, 0.25) is 0 Å². The van der Waals surface area contributed by atoms with Gasteiger partial charge in [0.2, 0.25) is 11.8 Å². The van der Waals surface area contributed by atoms with Crippen molar-refractivity contribution in [3.8, 4) is 0 Å². The van der Waals surface area contributed by atoms with Crippen LogP contribution in [-0.2, 0) is 20.9 Å². The zero-order valence-electron chi connectivity index (χ0n) is 18.2. The summed E-state index contributed by atoms with van der Waals surface area (Å²) in [5.74, 6) is 0.519. The van der Waals surface area contributed by atoms with Crippen molar-refractivity contribution in [2.24, 2.45) is 0 Å². The second kappa shape index (κ2) is 8.76. The lowest BCUT2D eigenvalue weighted by atomic mass is 9.94. The molecule has 162 valence electrons. The van der Waals surface area contributed by atoms with Crippen molar-refractivity contribution >= 4 is 22.8 Å². The van der Waals surface area contributed by atoms with E-state index in [1.165, 1.54) is 0 Å². The Hall–Kier alpha value is -2.41. The number of hydrogen-bond acceptors (Lipinski definition) is 4. The zero-order valence-corrected chi connectivity index (χ0v) is 18.2. The van der Waals surface area contributed by atoms with Crippen LogP contribution in [0.5, 0.6) is 0 Å². The number of morpholine rings is 1. The Bertz CT molecular complexity index is 914. The Balaban J connectivity index is 1.62. The van der Waals surface area contributed by atoms with Gasteiger partial charge in [0, 0.05) is 55.8 Å². The number of nitrogens with zero attached hydrogens (tertiary/aromatic N) is 4. The van der Waals surface area contributed by atoms with Crippen molar-refractivity contribution < 1.29 is 14.3 Å². The largest absolute Gasteiger partial charge is 0.372 e. The van der Waals surface area contributed by atoms with Gasteiger partial charge >= 0.3 is 0 Å². The number of aromatic nitrogens is 2. The molecule has 0 saturated carbocycles. The number of likely N-dealkylation sites (tertiary alicyclic amines) is 1. The number of fused-ring (bicyclic) bond motifs is 1. The van der Waals surface area contributed by atoms with E-state index in [9.17, 15) is 9.59 Å². The van der Waals surface area contributed by atoms with Crippen molar-refractivity contribution in [2.45, 2.75) is 64.7 Å². The predicted octanol–water partition coefficient (Wildman–Crippen LogP) is 2.79. The summed E-state index contributed by atoms with van der Waals surface area (Å²) in [5, 5.41) is 1.04. The molecule has 3 atom stereocenters. The van der Waals surface area contributed by atoms with Crippen LogP contribution >= 0.6 is 0 Å². The molecule has 2 aliphatic heterocycles. The van der Waals surface area contributed by atoms with Gasteiger partial charge < -0.3 is 19.1 Å². The van der Waals surface area contributed by atoms with Crippen molar-refractivity contribution in [2.75, 3.05) is 26.2 Å². The number of rotatable bonds is 4. The molecule has 2 amide bonds. The zero-order chi connectivity index (χ0) is 21.3. The van der Waals surface area contributed by atoms with Gasteiger partial charge in [0.05, 0.1) is 12.2 Å². The van der Waals surface area contributed by atoms with E-state index in [-0.39, 0.29) is 36.5 Å². The monoisotopic (exact) mass is 412 g/mol. The highest BCUT2D eigenvalue weighted by Gasteiger charge is 2.30. The van der Waals surface area contributed by atoms with Crippen LogP contribution in [0.3, 0.4) is 0 Å². The Morgan fingerprint density at radius 2 is 1.90 bits per heavy atom. The maximum atomic E-state index is 13.2. The minimum atomic E-state index is 0.0451. The van der Waals surface area contributed by atoms with Crippen LogP contribution in [0.15, 0.2) is 24.4 Å². The Labute approximate surface area is 178 Å². The first-order valence-electron chi connectivity index (χ1n) is 11.1. The van der Waals surface area contributed by atoms with Gasteiger partial charge in [-0.3, -0.25) is 9.59 Å². The van der Waals surface area contributed by atoms with E-state index in [1.807, 2.05) is 42.7 Å². The third-order valence-electron chi connectivity index (χ3n) is 6.25. The second-order valence-electron chi connectivity index (χ2n) is 8.66. The molecular formula is C23H32N4O3. The lowest BCUT2D eigenvalue weighted by molar-refractivity contribution is -0.143. The first kappa shape index (κ1) is 20.8.